The largest absolute Gasteiger partial charge is 0.338 e. The van der Waals surface area contributed by atoms with Crippen LogP contribution in [0.3, 0.4) is 0 Å². The zero-order chi connectivity index (χ0) is 28.3. The minimum Gasteiger partial charge on any atom is -0.338 e. The SMILES string of the molecule is CS(=O)(=O)N1CCC[C@H](CNC(=O)NCc2ccc3nc(-c4ccc(F)cc4)c(-c4ccc(F)cc4)nc3c2)C1. The lowest BCUT2D eigenvalue weighted by Crippen LogP contribution is -2.45. The van der Waals surface area contributed by atoms with Crippen molar-refractivity contribution in [1.29, 1.82) is 0 Å². The van der Waals surface area contributed by atoms with Gasteiger partial charge in [0.1, 0.15) is 11.6 Å². The van der Waals surface area contributed by atoms with Gasteiger partial charge in [-0.25, -0.2) is 36.3 Å². The maximum atomic E-state index is 13.6. The van der Waals surface area contributed by atoms with Gasteiger partial charge in [0.05, 0.1) is 28.7 Å². The zero-order valence-electron chi connectivity index (χ0n) is 21.9. The maximum absolute atomic E-state index is 13.6. The molecular weight excluding hydrogens is 536 g/mol. The predicted octanol–water partition coefficient (Wildman–Crippen LogP) is 4.71. The number of sulfonamides is 1. The van der Waals surface area contributed by atoms with Crippen LogP contribution < -0.4 is 10.6 Å². The van der Waals surface area contributed by atoms with Crippen molar-refractivity contribution in [3.8, 4) is 22.5 Å². The Morgan fingerprint density at radius 2 is 1.50 bits per heavy atom. The Balaban J connectivity index is 1.31. The third-order valence-electron chi connectivity index (χ3n) is 6.92. The van der Waals surface area contributed by atoms with Crippen LogP contribution >= 0.6 is 0 Å². The van der Waals surface area contributed by atoms with Crippen molar-refractivity contribution in [3.05, 3.63) is 83.9 Å². The smallest absolute Gasteiger partial charge is 0.315 e. The summed E-state index contributed by atoms with van der Waals surface area (Å²) in [5, 5.41) is 5.67. The number of hydrogen-bond acceptors (Lipinski definition) is 5. The van der Waals surface area contributed by atoms with Gasteiger partial charge in [0.15, 0.2) is 0 Å². The van der Waals surface area contributed by atoms with Crippen molar-refractivity contribution < 1.29 is 22.0 Å². The highest BCUT2D eigenvalue weighted by molar-refractivity contribution is 7.88. The summed E-state index contributed by atoms with van der Waals surface area (Å²) in [7, 11) is -3.24. The number of rotatable bonds is 7. The highest BCUT2D eigenvalue weighted by Crippen LogP contribution is 2.31. The van der Waals surface area contributed by atoms with Gasteiger partial charge in [-0.1, -0.05) is 6.07 Å². The molecule has 0 bridgehead atoms. The van der Waals surface area contributed by atoms with Crippen LogP contribution in [0.5, 0.6) is 0 Å². The molecule has 40 heavy (non-hydrogen) atoms. The second-order valence-corrected chi connectivity index (χ2v) is 11.9. The molecule has 208 valence electrons. The number of hydrogen-bond donors (Lipinski definition) is 2. The molecule has 8 nitrogen and oxygen atoms in total. The van der Waals surface area contributed by atoms with E-state index in [1.165, 1.54) is 34.8 Å². The van der Waals surface area contributed by atoms with Crippen LogP contribution in [0, 0.1) is 17.6 Å². The Kier molecular flexibility index (Phi) is 8.04. The van der Waals surface area contributed by atoms with E-state index in [2.05, 4.69) is 10.6 Å². The van der Waals surface area contributed by atoms with Gasteiger partial charge in [-0.15, -0.1) is 0 Å². The minimum absolute atomic E-state index is 0.0605. The topological polar surface area (TPSA) is 104 Å². The first-order valence-electron chi connectivity index (χ1n) is 12.9. The molecular formula is C29H29F2N5O3S. The van der Waals surface area contributed by atoms with Crippen molar-refractivity contribution in [2.45, 2.75) is 19.4 Å². The average Bonchev–Trinajstić information content (AvgIpc) is 2.95. The van der Waals surface area contributed by atoms with Crippen LogP contribution in [0.25, 0.3) is 33.5 Å². The van der Waals surface area contributed by atoms with E-state index in [0.717, 1.165) is 18.4 Å². The van der Waals surface area contributed by atoms with Crippen LogP contribution in [-0.4, -0.2) is 54.6 Å². The Labute approximate surface area is 231 Å². The monoisotopic (exact) mass is 565 g/mol. The maximum Gasteiger partial charge on any atom is 0.315 e. The fourth-order valence-electron chi connectivity index (χ4n) is 4.80. The first kappa shape index (κ1) is 27.6. The van der Waals surface area contributed by atoms with Crippen molar-refractivity contribution in [2.75, 3.05) is 25.9 Å². The van der Waals surface area contributed by atoms with Gasteiger partial charge in [0, 0.05) is 37.3 Å². The molecule has 11 heteroatoms. The number of nitrogens with one attached hydrogen (secondary N) is 2. The van der Waals surface area contributed by atoms with Crippen LogP contribution in [0.1, 0.15) is 18.4 Å². The number of benzene rings is 3. The van der Waals surface area contributed by atoms with E-state index in [9.17, 15) is 22.0 Å². The molecule has 5 rings (SSSR count). The first-order valence-corrected chi connectivity index (χ1v) is 14.8. The quantitative estimate of drug-likeness (QED) is 0.338. The number of aromatic nitrogens is 2. The number of carbonyl (C=O) groups is 1. The molecule has 3 aromatic carbocycles. The van der Waals surface area contributed by atoms with Gasteiger partial charge in [0.2, 0.25) is 10.0 Å². The van der Waals surface area contributed by atoms with E-state index in [4.69, 9.17) is 9.97 Å². The summed E-state index contributed by atoms with van der Waals surface area (Å²) >= 11 is 0. The van der Waals surface area contributed by atoms with E-state index in [0.29, 0.717) is 53.2 Å². The van der Waals surface area contributed by atoms with E-state index in [1.54, 1.807) is 30.3 Å². The molecule has 1 fully saturated rings. The van der Waals surface area contributed by atoms with Crippen LogP contribution in [-0.2, 0) is 16.6 Å². The predicted molar refractivity (Wildman–Crippen MR) is 150 cm³/mol. The molecule has 1 saturated heterocycles. The molecule has 1 atom stereocenters. The summed E-state index contributed by atoms with van der Waals surface area (Å²) < 4.78 is 52.3. The van der Waals surface area contributed by atoms with Crippen molar-refractivity contribution in [1.82, 2.24) is 24.9 Å². The van der Waals surface area contributed by atoms with E-state index in [1.807, 2.05) is 12.1 Å². The number of urea groups is 1. The molecule has 0 radical (unpaired) electrons. The lowest BCUT2D eigenvalue weighted by atomic mass is 10.00. The zero-order valence-corrected chi connectivity index (χ0v) is 22.7. The molecule has 2 amide bonds. The Hall–Kier alpha value is -3.96. The molecule has 0 unspecified atom stereocenters. The molecule has 1 aliphatic rings. The van der Waals surface area contributed by atoms with Gasteiger partial charge in [-0.3, -0.25) is 0 Å². The molecule has 1 aromatic heterocycles. The van der Waals surface area contributed by atoms with Crippen LogP contribution in [0.2, 0.25) is 0 Å². The normalized spacial score (nSPS) is 16.1. The van der Waals surface area contributed by atoms with E-state index < -0.39 is 10.0 Å². The van der Waals surface area contributed by atoms with Gasteiger partial charge < -0.3 is 10.6 Å². The number of fused-ring (bicyclic) bond motifs is 1. The van der Waals surface area contributed by atoms with Gasteiger partial charge in [-0.05, 0) is 85.0 Å². The molecule has 0 spiro atoms. The Bertz CT molecular complexity index is 1630. The number of piperidine rings is 1. The molecule has 4 aromatic rings. The summed E-state index contributed by atoms with van der Waals surface area (Å²) in [4.78, 5) is 22.1. The van der Waals surface area contributed by atoms with E-state index >= 15 is 0 Å². The van der Waals surface area contributed by atoms with Gasteiger partial charge in [-0.2, -0.15) is 0 Å². The average molecular weight is 566 g/mol. The van der Waals surface area contributed by atoms with Crippen molar-refractivity contribution in [3.63, 3.8) is 0 Å². The second-order valence-electron chi connectivity index (χ2n) is 9.95. The van der Waals surface area contributed by atoms with Crippen LogP contribution in [0.4, 0.5) is 13.6 Å². The molecule has 0 aliphatic carbocycles. The minimum atomic E-state index is -3.24. The van der Waals surface area contributed by atoms with Crippen LogP contribution in [0.15, 0.2) is 66.7 Å². The molecule has 2 heterocycles. The summed E-state index contributed by atoms with van der Waals surface area (Å²) in [5.74, 6) is -0.675. The standard InChI is InChI=1S/C29H29F2N5O3S/c1-40(38,39)36-14-2-3-20(18-36)17-33-29(37)32-16-19-4-13-25-26(15-19)35-28(22-7-11-24(31)12-8-22)27(34-25)21-5-9-23(30)10-6-21/h4-13,15,20H,2-3,14,16-18H2,1H3,(H2,32,33,37)/t20-/m1/s1. The third kappa shape index (κ3) is 6.60. The van der Waals surface area contributed by atoms with Gasteiger partial charge >= 0.3 is 6.03 Å². The molecule has 0 saturated carbocycles. The number of halogens is 2. The third-order valence-corrected chi connectivity index (χ3v) is 8.19. The summed E-state index contributed by atoms with van der Waals surface area (Å²) in [5.41, 5.74) is 4.42. The Morgan fingerprint density at radius 3 is 2.10 bits per heavy atom. The van der Waals surface area contributed by atoms with Crippen molar-refractivity contribution >= 4 is 27.1 Å². The lowest BCUT2D eigenvalue weighted by molar-refractivity contribution is 0.229. The Morgan fingerprint density at radius 1 is 0.900 bits per heavy atom. The first-order chi connectivity index (χ1) is 19.2. The fourth-order valence-corrected chi connectivity index (χ4v) is 5.75. The highest BCUT2D eigenvalue weighted by Gasteiger charge is 2.26. The molecule has 2 N–H and O–H groups in total. The second kappa shape index (κ2) is 11.6. The van der Waals surface area contributed by atoms with E-state index in [-0.39, 0.29) is 30.1 Å². The summed E-state index contributed by atoms with van der Waals surface area (Å²) in [6.45, 7) is 1.54. The molecule has 1 aliphatic heterocycles. The summed E-state index contributed by atoms with van der Waals surface area (Å²) in [6.07, 6.45) is 2.82. The summed E-state index contributed by atoms with van der Waals surface area (Å²) in [6, 6.07) is 17.0. The number of amides is 2. The highest BCUT2D eigenvalue weighted by atomic mass is 32.2. The fraction of sp³-hybridized carbons (Fsp3) is 0.276. The lowest BCUT2D eigenvalue weighted by Gasteiger charge is -2.30. The number of carbonyl (C=O) groups excluding carboxylic acids is 1. The van der Waals surface area contributed by atoms with Crippen molar-refractivity contribution in [2.24, 2.45) is 5.92 Å². The number of nitrogens with zero attached hydrogens (tertiary/aromatic N) is 3. The van der Waals surface area contributed by atoms with Gasteiger partial charge in [0.25, 0.3) is 0 Å².